The number of ether oxygens (including phenoxy) is 1. The molecule has 0 radical (unpaired) electrons. The Morgan fingerprint density at radius 3 is 2.86 bits per heavy atom. The maximum absolute atomic E-state index is 11.1. The number of halogens is 1. The second kappa shape index (κ2) is 4.39. The van der Waals surface area contributed by atoms with Crippen LogP contribution in [-0.2, 0) is 9.53 Å². The fraction of sp³-hybridized carbons (Fsp3) is 0.333. The van der Waals surface area contributed by atoms with Gasteiger partial charge < -0.3 is 10.5 Å². The molecule has 1 heterocycles. The lowest BCUT2D eigenvalue weighted by Gasteiger charge is -2.09. The number of hydrogen-bond acceptors (Lipinski definition) is 4. The van der Waals surface area contributed by atoms with E-state index in [9.17, 15) is 4.79 Å². The third kappa shape index (κ3) is 2.21. The summed E-state index contributed by atoms with van der Waals surface area (Å²) in [6.45, 7) is 1.79. The van der Waals surface area contributed by atoms with Crippen LogP contribution in [0.1, 0.15) is 17.2 Å². The zero-order chi connectivity index (χ0) is 10.7. The standard InChI is InChI=1S/C9H11ClN2O2/c1-5-3-6(4-12-8(5)10)7(11)9(13)14-2/h3-4,7H,11H2,1-2H3. The average molecular weight is 215 g/mol. The van der Waals surface area contributed by atoms with Crippen LogP contribution in [0, 0.1) is 6.92 Å². The van der Waals surface area contributed by atoms with Gasteiger partial charge in [0.2, 0.25) is 0 Å². The van der Waals surface area contributed by atoms with Gasteiger partial charge in [-0.1, -0.05) is 11.6 Å². The molecular formula is C9H11ClN2O2. The molecule has 1 aromatic heterocycles. The van der Waals surface area contributed by atoms with E-state index in [2.05, 4.69) is 9.72 Å². The molecule has 2 N–H and O–H groups in total. The number of pyridine rings is 1. The van der Waals surface area contributed by atoms with E-state index in [0.717, 1.165) is 5.56 Å². The first-order chi connectivity index (χ1) is 6.56. The molecule has 0 saturated heterocycles. The highest BCUT2D eigenvalue weighted by atomic mass is 35.5. The molecule has 5 heteroatoms. The van der Waals surface area contributed by atoms with Crippen LogP contribution in [0.15, 0.2) is 12.3 Å². The van der Waals surface area contributed by atoms with Gasteiger partial charge in [0.1, 0.15) is 11.2 Å². The topological polar surface area (TPSA) is 65.2 Å². The first-order valence-corrected chi connectivity index (χ1v) is 4.39. The number of nitrogens with zero attached hydrogens (tertiary/aromatic N) is 1. The van der Waals surface area contributed by atoms with Crippen molar-refractivity contribution < 1.29 is 9.53 Å². The van der Waals surface area contributed by atoms with Crippen LogP contribution in [0.5, 0.6) is 0 Å². The number of esters is 1. The Morgan fingerprint density at radius 1 is 1.71 bits per heavy atom. The van der Waals surface area contributed by atoms with Crippen LogP contribution in [-0.4, -0.2) is 18.1 Å². The minimum absolute atomic E-state index is 0.408. The fourth-order valence-corrected chi connectivity index (χ4v) is 1.12. The van der Waals surface area contributed by atoms with Gasteiger partial charge in [0.15, 0.2) is 0 Å². The van der Waals surface area contributed by atoms with Crippen LogP contribution >= 0.6 is 11.6 Å². The Balaban J connectivity index is 2.96. The van der Waals surface area contributed by atoms with Crippen molar-refractivity contribution in [2.75, 3.05) is 7.11 Å². The number of nitrogens with two attached hydrogens (primary N) is 1. The Labute approximate surface area is 87.0 Å². The summed E-state index contributed by atoms with van der Waals surface area (Å²) < 4.78 is 4.51. The molecule has 0 aromatic carbocycles. The van der Waals surface area contributed by atoms with Crippen molar-refractivity contribution in [1.82, 2.24) is 4.98 Å². The number of aryl methyl sites for hydroxylation is 1. The van der Waals surface area contributed by atoms with E-state index >= 15 is 0 Å². The van der Waals surface area contributed by atoms with E-state index in [1.165, 1.54) is 13.3 Å². The van der Waals surface area contributed by atoms with Crippen molar-refractivity contribution >= 4 is 17.6 Å². The molecule has 0 aliphatic carbocycles. The van der Waals surface area contributed by atoms with Gasteiger partial charge in [-0.15, -0.1) is 0 Å². The van der Waals surface area contributed by atoms with Crippen molar-refractivity contribution in [3.63, 3.8) is 0 Å². The largest absolute Gasteiger partial charge is 0.468 e. The molecule has 76 valence electrons. The minimum atomic E-state index is -0.802. The first-order valence-electron chi connectivity index (χ1n) is 4.01. The lowest BCUT2D eigenvalue weighted by Crippen LogP contribution is -2.22. The van der Waals surface area contributed by atoms with Gasteiger partial charge in [-0.3, -0.25) is 4.79 Å². The van der Waals surface area contributed by atoms with Crippen molar-refractivity contribution in [3.8, 4) is 0 Å². The summed E-state index contributed by atoms with van der Waals surface area (Å²) in [5.74, 6) is -0.492. The second-order valence-electron chi connectivity index (χ2n) is 2.88. The van der Waals surface area contributed by atoms with Gasteiger partial charge in [-0.25, -0.2) is 4.98 Å². The molecule has 0 amide bonds. The van der Waals surface area contributed by atoms with Gasteiger partial charge >= 0.3 is 5.97 Å². The Kier molecular flexibility index (Phi) is 3.43. The van der Waals surface area contributed by atoms with Crippen LogP contribution < -0.4 is 5.73 Å². The third-order valence-corrected chi connectivity index (χ3v) is 2.25. The second-order valence-corrected chi connectivity index (χ2v) is 3.24. The normalized spacial score (nSPS) is 12.3. The first kappa shape index (κ1) is 10.9. The number of hydrogen-bond donors (Lipinski definition) is 1. The quantitative estimate of drug-likeness (QED) is 0.594. The maximum Gasteiger partial charge on any atom is 0.327 e. The molecule has 0 spiro atoms. The molecule has 0 fully saturated rings. The van der Waals surface area contributed by atoms with E-state index in [-0.39, 0.29) is 0 Å². The number of aromatic nitrogens is 1. The van der Waals surface area contributed by atoms with Crippen LogP contribution in [0.25, 0.3) is 0 Å². The van der Waals surface area contributed by atoms with E-state index in [1.807, 2.05) is 0 Å². The van der Waals surface area contributed by atoms with E-state index in [0.29, 0.717) is 10.7 Å². The lowest BCUT2D eigenvalue weighted by molar-refractivity contribution is -0.142. The summed E-state index contributed by atoms with van der Waals surface area (Å²) in [5.41, 5.74) is 6.99. The van der Waals surface area contributed by atoms with Crippen molar-refractivity contribution in [1.29, 1.82) is 0 Å². The van der Waals surface area contributed by atoms with Crippen molar-refractivity contribution in [3.05, 3.63) is 28.5 Å². The summed E-state index contributed by atoms with van der Waals surface area (Å²) in [5, 5.41) is 0.408. The Hall–Kier alpha value is -1.13. The highest BCUT2D eigenvalue weighted by Crippen LogP contribution is 2.17. The molecule has 0 aliphatic heterocycles. The van der Waals surface area contributed by atoms with Gasteiger partial charge in [0.05, 0.1) is 7.11 Å². The summed E-state index contributed by atoms with van der Waals surface area (Å²) in [7, 11) is 1.29. The number of carbonyl (C=O) groups is 1. The van der Waals surface area contributed by atoms with Gasteiger partial charge in [-0.2, -0.15) is 0 Å². The molecular weight excluding hydrogens is 204 g/mol. The number of methoxy groups -OCH3 is 1. The predicted octanol–water partition coefficient (Wildman–Crippen LogP) is 1.22. The SMILES string of the molecule is COC(=O)C(N)c1cnc(Cl)c(C)c1. The molecule has 4 nitrogen and oxygen atoms in total. The van der Waals surface area contributed by atoms with E-state index in [1.54, 1.807) is 13.0 Å². The Bertz CT molecular complexity index is 355. The van der Waals surface area contributed by atoms with Gasteiger partial charge in [0.25, 0.3) is 0 Å². The minimum Gasteiger partial charge on any atom is -0.468 e. The summed E-state index contributed by atoms with van der Waals surface area (Å²) in [6.07, 6.45) is 1.47. The molecule has 1 rings (SSSR count). The molecule has 1 aromatic rings. The highest BCUT2D eigenvalue weighted by molar-refractivity contribution is 6.30. The molecule has 0 aliphatic rings. The monoisotopic (exact) mass is 214 g/mol. The number of rotatable bonds is 2. The van der Waals surface area contributed by atoms with Crippen LogP contribution in [0.2, 0.25) is 5.15 Å². The summed E-state index contributed by atoms with van der Waals surface area (Å²) in [6, 6.07) is 0.917. The lowest BCUT2D eigenvalue weighted by atomic mass is 10.1. The smallest absolute Gasteiger partial charge is 0.327 e. The predicted molar refractivity (Wildman–Crippen MR) is 52.9 cm³/mol. The molecule has 1 atom stereocenters. The maximum atomic E-state index is 11.1. The van der Waals surface area contributed by atoms with Gasteiger partial charge in [-0.05, 0) is 24.1 Å². The number of carbonyl (C=O) groups excluding carboxylic acids is 1. The van der Waals surface area contributed by atoms with Gasteiger partial charge in [0, 0.05) is 6.20 Å². The summed E-state index contributed by atoms with van der Waals surface area (Å²) >= 11 is 5.73. The van der Waals surface area contributed by atoms with Crippen molar-refractivity contribution in [2.24, 2.45) is 5.73 Å². The summed E-state index contributed by atoms with van der Waals surface area (Å²) in [4.78, 5) is 15.0. The molecule has 0 bridgehead atoms. The van der Waals surface area contributed by atoms with E-state index in [4.69, 9.17) is 17.3 Å². The average Bonchev–Trinajstić information content (AvgIpc) is 2.20. The molecule has 0 saturated carbocycles. The molecule has 1 unspecified atom stereocenters. The highest BCUT2D eigenvalue weighted by Gasteiger charge is 2.16. The molecule has 14 heavy (non-hydrogen) atoms. The van der Waals surface area contributed by atoms with Crippen LogP contribution in [0.4, 0.5) is 0 Å². The van der Waals surface area contributed by atoms with E-state index < -0.39 is 12.0 Å². The third-order valence-electron chi connectivity index (χ3n) is 1.85. The zero-order valence-electron chi connectivity index (χ0n) is 7.95. The Morgan fingerprint density at radius 2 is 2.36 bits per heavy atom. The van der Waals surface area contributed by atoms with Crippen LogP contribution in [0.3, 0.4) is 0 Å². The van der Waals surface area contributed by atoms with Crippen molar-refractivity contribution in [2.45, 2.75) is 13.0 Å². The zero-order valence-corrected chi connectivity index (χ0v) is 8.71. The fourth-order valence-electron chi connectivity index (χ4n) is 1.01.